The van der Waals surface area contributed by atoms with Gasteiger partial charge in [0.25, 0.3) is 0 Å². The molecule has 0 bridgehead atoms. The molecule has 0 unspecified atom stereocenters. The number of amidine groups is 1. The summed E-state index contributed by atoms with van der Waals surface area (Å²) >= 11 is 6.04. The fourth-order valence-corrected chi connectivity index (χ4v) is 1.60. The zero-order chi connectivity index (χ0) is 10.1. The molecule has 0 N–H and O–H groups in total. The number of hydrogen-bond donors (Lipinski definition) is 0. The number of halogens is 1. The van der Waals surface area contributed by atoms with Crippen molar-refractivity contribution in [2.75, 3.05) is 19.9 Å². The van der Waals surface area contributed by atoms with Crippen molar-refractivity contribution >= 4 is 16.9 Å². The van der Waals surface area contributed by atoms with Gasteiger partial charge in [0.05, 0.1) is 13.3 Å². The van der Waals surface area contributed by atoms with E-state index in [1.165, 1.54) is 0 Å². The molecule has 0 aliphatic carbocycles. The summed E-state index contributed by atoms with van der Waals surface area (Å²) in [5, 5.41) is 0.636. The topological polar surface area (TPSA) is 18.8 Å². The second kappa shape index (κ2) is 3.84. The van der Waals surface area contributed by atoms with Gasteiger partial charge in [0, 0.05) is 5.54 Å². The van der Waals surface area contributed by atoms with E-state index in [1.54, 1.807) is 0 Å². The average molecular weight is 204 g/mol. The summed E-state index contributed by atoms with van der Waals surface area (Å²) in [6.07, 6.45) is 0. The van der Waals surface area contributed by atoms with Gasteiger partial charge in [0.1, 0.15) is 0 Å². The zero-order valence-electron chi connectivity index (χ0n) is 8.84. The molecule has 4 heteroatoms. The maximum Gasteiger partial charge on any atom is 0.196 e. The maximum atomic E-state index is 6.04. The summed E-state index contributed by atoms with van der Waals surface area (Å²) in [6.45, 7) is 11.2. The molecule has 0 saturated carbocycles. The van der Waals surface area contributed by atoms with Crippen LogP contribution in [0.1, 0.15) is 27.7 Å². The van der Waals surface area contributed by atoms with Crippen molar-refractivity contribution in [1.82, 2.24) is 9.80 Å². The fraction of sp³-hybridized carbons (Fsp3) is 0.889. The van der Waals surface area contributed by atoms with E-state index in [4.69, 9.17) is 11.6 Å². The Morgan fingerprint density at radius 3 is 2.54 bits per heavy atom. The number of hydrogen-bond acceptors (Lipinski definition) is 3. The Balaban J connectivity index is 2.74. The van der Waals surface area contributed by atoms with Gasteiger partial charge >= 0.3 is 0 Å². The lowest BCUT2D eigenvalue weighted by Gasteiger charge is -2.41. The summed E-state index contributed by atoms with van der Waals surface area (Å²) in [4.78, 5) is 8.62. The summed E-state index contributed by atoms with van der Waals surface area (Å²) in [5.41, 5.74) is 0.0500. The zero-order valence-corrected chi connectivity index (χ0v) is 9.60. The highest BCUT2D eigenvalue weighted by Gasteiger charge is 2.27. The van der Waals surface area contributed by atoms with Crippen molar-refractivity contribution in [3.05, 3.63) is 0 Å². The van der Waals surface area contributed by atoms with E-state index in [1.807, 2.05) is 0 Å². The van der Waals surface area contributed by atoms with Gasteiger partial charge in [-0.3, -0.25) is 4.90 Å². The lowest BCUT2D eigenvalue weighted by Crippen LogP contribution is -2.52. The van der Waals surface area contributed by atoms with E-state index in [0.717, 1.165) is 19.9 Å². The molecule has 0 spiro atoms. The summed E-state index contributed by atoms with van der Waals surface area (Å²) in [6, 6.07) is 0. The van der Waals surface area contributed by atoms with Crippen molar-refractivity contribution in [3.8, 4) is 0 Å². The molecule has 0 saturated heterocycles. The molecule has 0 aromatic carbocycles. The first kappa shape index (κ1) is 10.8. The van der Waals surface area contributed by atoms with Gasteiger partial charge in [-0.2, -0.15) is 0 Å². The Kier molecular flexibility index (Phi) is 3.19. The molecule has 0 radical (unpaired) electrons. The largest absolute Gasteiger partial charge is 0.329 e. The van der Waals surface area contributed by atoms with Gasteiger partial charge in [0.2, 0.25) is 0 Å². The molecule has 1 aliphatic rings. The van der Waals surface area contributed by atoms with Crippen LogP contribution in [0.4, 0.5) is 0 Å². The van der Waals surface area contributed by atoms with Crippen molar-refractivity contribution in [1.29, 1.82) is 0 Å². The Hall–Kier alpha value is -0.280. The van der Waals surface area contributed by atoms with Crippen molar-refractivity contribution in [3.63, 3.8) is 0 Å². The minimum atomic E-state index is 0.0500. The average Bonchev–Trinajstić information content (AvgIpc) is 2.03. The molecule has 0 atom stereocenters. The van der Waals surface area contributed by atoms with E-state index >= 15 is 0 Å². The van der Waals surface area contributed by atoms with Gasteiger partial charge in [-0.05, 0) is 38.9 Å². The lowest BCUT2D eigenvalue weighted by molar-refractivity contribution is 0.116. The van der Waals surface area contributed by atoms with Crippen LogP contribution in [0.2, 0.25) is 0 Å². The molecule has 3 nitrogen and oxygen atoms in total. The summed E-state index contributed by atoms with van der Waals surface area (Å²) in [7, 11) is 0. The van der Waals surface area contributed by atoms with Gasteiger partial charge < -0.3 is 4.90 Å². The first-order valence-corrected chi connectivity index (χ1v) is 5.03. The molecule has 1 rings (SSSR count). The van der Waals surface area contributed by atoms with Crippen LogP contribution in [-0.4, -0.2) is 40.5 Å². The Morgan fingerprint density at radius 2 is 2.08 bits per heavy atom. The van der Waals surface area contributed by atoms with E-state index in [-0.39, 0.29) is 5.54 Å². The lowest BCUT2D eigenvalue weighted by atomic mass is 10.1. The molecule has 1 heterocycles. The Morgan fingerprint density at radius 1 is 1.46 bits per heavy atom. The van der Waals surface area contributed by atoms with Crippen LogP contribution in [-0.2, 0) is 0 Å². The third-order valence-corrected chi connectivity index (χ3v) is 2.55. The molecule has 13 heavy (non-hydrogen) atoms. The minimum absolute atomic E-state index is 0.0500. The SMILES string of the molecule is CCN1CN=C(Cl)N(C(C)(C)C)C1. The Bertz CT molecular complexity index is 207. The molecule has 0 amide bonds. The normalized spacial score (nSPS) is 20.4. The van der Waals surface area contributed by atoms with Crippen LogP contribution in [0.3, 0.4) is 0 Å². The minimum Gasteiger partial charge on any atom is -0.329 e. The van der Waals surface area contributed by atoms with E-state index in [9.17, 15) is 0 Å². The Labute approximate surface area is 85.4 Å². The second-order valence-corrected chi connectivity index (χ2v) is 4.63. The van der Waals surface area contributed by atoms with Crippen molar-refractivity contribution in [2.24, 2.45) is 4.99 Å². The molecular formula is C9H18ClN3. The van der Waals surface area contributed by atoms with Crippen molar-refractivity contribution in [2.45, 2.75) is 33.2 Å². The third kappa shape index (κ3) is 2.58. The number of rotatable bonds is 1. The van der Waals surface area contributed by atoms with Gasteiger partial charge in [0.15, 0.2) is 5.29 Å². The summed E-state index contributed by atoms with van der Waals surface area (Å²) in [5.74, 6) is 0. The smallest absolute Gasteiger partial charge is 0.196 e. The standard InChI is InChI=1S/C9H18ClN3/c1-5-12-6-11-8(10)13(7-12)9(2,3)4/h5-7H2,1-4H3. The monoisotopic (exact) mass is 203 g/mol. The molecular weight excluding hydrogens is 186 g/mol. The van der Waals surface area contributed by atoms with Gasteiger partial charge in [-0.15, -0.1) is 0 Å². The third-order valence-electron chi connectivity index (χ3n) is 2.22. The maximum absolute atomic E-state index is 6.04. The van der Waals surface area contributed by atoms with Crippen LogP contribution in [0.25, 0.3) is 0 Å². The van der Waals surface area contributed by atoms with Crippen molar-refractivity contribution < 1.29 is 0 Å². The molecule has 1 aliphatic heterocycles. The van der Waals surface area contributed by atoms with Crippen LogP contribution in [0.5, 0.6) is 0 Å². The predicted molar refractivity (Wildman–Crippen MR) is 57.0 cm³/mol. The second-order valence-electron chi connectivity index (χ2n) is 4.30. The van der Waals surface area contributed by atoms with E-state index in [0.29, 0.717) is 5.29 Å². The first-order valence-electron chi connectivity index (χ1n) is 4.65. The number of aliphatic imine (C=N–C) groups is 1. The summed E-state index contributed by atoms with van der Waals surface area (Å²) < 4.78 is 0. The van der Waals surface area contributed by atoms with Crippen LogP contribution in [0.15, 0.2) is 4.99 Å². The number of nitrogens with zero attached hydrogens (tertiary/aromatic N) is 3. The van der Waals surface area contributed by atoms with Crippen LogP contribution < -0.4 is 0 Å². The molecule has 0 fully saturated rings. The fourth-order valence-electron chi connectivity index (χ4n) is 1.24. The highest BCUT2D eigenvalue weighted by atomic mass is 35.5. The van der Waals surface area contributed by atoms with E-state index < -0.39 is 0 Å². The van der Waals surface area contributed by atoms with E-state index in [2.05, 4.69) is 42.5 Å². The van der Waals surface area contributed by atoms with Gasteiger partial charge in [-0.25, -0.2) is 4.99 Å². The van der Waals surface area contributed by atoms with Crippen LogP contribution >= 0.6 is 11.6 Å². The predicted octanol–water partition coefficient (Wildman–Crippen LogP) is 1.93. The molecule has 0 aromatic rings. The quantitative estimate of drug-likeness (QED) is 0.607. The first-order chi connectivity index (χ1) is 5.95. The van der Waals surface area contributed by atoms with Crippen LogP contribution in [0, 0.1) is 0 Å². The molecule has 76 valence electrons. The molecule has 0 aromatic heterocycles. The highest BCUT2D eigenvalue weighted by Crippen LogP contribution is 2.19. The highest BCUT2D eigenvalue weighted by molar-refractivity contribution is 6.64. The van der Waals surface area contributed by atoms with Gasteiger partial charge in [-0.1, -0.05) is 6.92 Å².